The van der Waals surface area contributed by atoms with Gasteiger partial charge in [0.1, 0.15) is 0 Å². The Balaban J connectivity index is 2.77. The lowest BCUT2D eigenvalue weighted by molar-refractivity contribution is -0.155. The van der Waals surface area contributed by atoms with E-state index < -0.39 is 17.5 Å². The van der Waals surface area contributed by atoms with Crippen molar-refractivity contribution in [2.24, 2.45) is 5.41 Å². The van der Waals surface area contributed by atoms with Crippen LogP contribution < -0.4 is 0 Å². The van der Waals surface area contributed by atoms with Crippen molar-refractivity contribution >= 4 is 5.97 Å². The number of hydrogen-bond acceptors (Lipinski definition) is 2. The molecule has 1 rings (SSSR count). The third kappa shape index (κ3) is 1.33. The van der Waals surface area contributed by atoms with Gasteiger partial charge in [-0.25, -0.2) is 0 Å². The van der Waals surface area contributed by atoms with Crippen LogP contribution in [-0.2, 0) is 4.79 Å². The van der Waals surface area contributed by atoms with Gasteiger partial charge in [-0.3, -0.25) is 4.79 Å². The van der Waals surface area contributed by atoms with Crippen molar-refractivity contribution in [3.8, 4) is 0 Å². The highest BCUT2D eigenvalue weighted by Gasteiger charge is 2.47. The second-order valence-electron chi connectivity index (χ2n) is 3.62. The first-order chi connectivity index (χ1) is 5.63. The Morgan fingerprint density at radius 3 is 2.67 bits per heavy atom. The second-order valence-corrected chi connectivity index (χ2v) is 3.62. The van der Waals surface area contributed by atoms with E-state index in [4.69, 9.17) is 5.11 Å². The van der Waals surface area contributed by atoms with E-state index in [1.165, 1.54) is 0 Å². The molecular weight excluding hydrogens is 156 g/mol. The summed E-state index contributed by atoms with van der Waals surface area (Å²) in [4.78, 5) is 11.0. The van der Waals surface area contributed by atoms with E-state index in [9.17, 15) is 9.90 Å². The summed E-state index contributed by atoms with van der Waals surface area (Å²) in [6.45, 7) is 1.95. The van der Waals surface area contributed by atoms with Gasteiger partial charge in [0.25, 0.3) is 0 Å². The molecule has 3 heteroatoms. The molecule has 0 radical (unpaired) electrons. The Hall–Kier alpha value is -0.570. The van der Waals surface area contributed by atoms with Gasteiger partial charge in [-0.15, -0.1) is 0 Å². The fourth-order valence-corrected chi connectivity index (χ4v) is 2.15. The van der Waals surface area contributed by atoms with Crippen LogP contribution in [0.4, 0.5) is 0 Å². The number of aliphatic carboxylic acids is 1. The zero-order valence-electron chi connectivity index (χ0n) is 7.42. The molecule has 0 saturated heterocycles. The Morgan fingerprint density at radius 2 is 2.33 bits per heavy atom. The first-order valence-electron chi connectivity index (χ1n) is 4.55. The van der Waals surface area contributed by atoms with Gasteiger partial charge >= 0.3 is 5.97 Å². The van der Waals surface area contributed by atoms with Crippen LogP contribution in [0.1, 0.15) is 39.0 Å². The minimum Gasteiger partial charge on any atom is -0.481 e. The predicted octanol–water partition coefficient (Wildman–Crippen LogP) is 1.40. The molecule has 0 amide bonds. The summed E-state index contributed by atoms with van der Waals surface area (Å²) in [5.41, 5.74) is -0.825. The fourth-order valence-electron chi connectivity index (χ4n) is 2.15. The Kier molecular flexibility index (Phi) is 2.73. The highest BCUT2D eigenvalue weighted by molar-refractivity contribution is 5.75. The summed E-state index contributed by atoms with van der Waals surface area (Å²) in [5, 5.41) is 18.6. The van der Waals surface area contributed by atoms with Gasteiger partial charge < -0.3 is 10.2 Å². The largest absolute Gasteiger partial charge is 0.481 e. The third-order valence-corrected chi connectivity index (χ3v) is 2.86. The van der Waals surface area contributed by atoms with Crippen LogP contribution in [0.2, 0.25) is 0 Å². The summed E-state index contributed by atoms with van der Waals surface area (Å²) in [7, 11) is 0. The van der Waals surface area contributed by atoms with E-state index in [0.29, 0.717) is 19.3 Å². The summed E-state index contributed by atoms with van der Waals surface area (Å²) < 4.78 is 0. The zero-order valence-corrected chi connectivity index (χ0v) is 7.42. The van der Waals surface area contributed by atoms with Gasteiger partial charge in [-0.2, -0.15) is 0 Å². The van der Waals surface area contributed by atoms with E-state index >= 15 is 0 Å². The van der Waals surface area contributed by atoms with E-state index in [1.807, 2.05) is 6.92 Å². The Bertz CT molecular complexity index is 179. The SMILES string of the molecule is CCCC1(C(=O)O)CCCC1O. The molecular formula is C9H16O3. The molecule has 0 bridgehead atoms. The maximum Gasteiger partial charge on any atom is 0.312 e. The van der Waals surface area contributed by atoms with Crippen molar-refractivity contribution in [3.05, 3.63) is 0 Å². The van der Waals surface area contributed by atoms with Gasteiger partial charge in [0.15, 0.2) is 0 Å². The fraction of sp³-hybridized carbons (Fsp3) is 0.889. The molecule has 0 aromatic rings. The number of carbonyl (C=O) groups is 1. The summed E-state index contributed by atoms with van der Waals surface area (Å²) >= 11 is 0. The zero-order chi connectivity index (χ0) is 9.19. The van der Waals surface area contributed by atoms with Gasteiger partial charge in [0.2, 0.25) is 0 Å². The van der Waals surface area contributed by atoms with Crippen LogP contribution in [0, 0.1) is 5.41 Å². The van der Waals surface area contributed by atoms with Crippen molar-refractivity contribution in [2.75, 3.05) is 0 Å². The molecule has 0 aromatic heterocycles. The summed E-state index contributed by atoms with van der Waals surface area (Å²) in [5.74, 6) is -0.825. The normalized spacial score (nSPS) is 35.3. The molecule has 1 saturated carbocycles. The highest BCUT2D eigenvalue weighted by atomic mass is 16.4. The van der Waals surface area contributed by atoms with Crippen LogP contribution in [0.25, 0.3) is 0 Å². The van der Waals surface area contributed by atoms with Crippen LogP contribution in [0.15, 0.2) is 0 Å². The summed E-state index contributed by atoms with van der Waals surface area (Å²) in [6, 6.07) is 0. The topological polar surface area (TPSA) is 57.5 Å². The molecule has 0 aliphatic heterocycles. The first kappa shape index (κ1) is 9.52. The van der Waals surface area contributed by atoms with Crippen molar-refractivity contribution in [1.82, 2.24) is 0 Å². The monoisotopic (exact) mass is 172 g/mol. The highest BCUT2D eigenvalue weighted by Crippen LogP contribution is 2.42. The molecule has 0 aromatic carbocycles. The molecule has 2 atom stereocenters. The maximum atomic E-state index is 11.0. The molecule has 1 aliphatic rings. The van der Waals surface area contributed by atoms with Crippen molar-refractivity contribution in [3.63, 3.8) is 0 Å². The predicted molar refractivity (Wildman–Crippen MR) is 44.8 cm³/mol. The van der Waals surface area contributed by atoms with Crippen molar-refractivity contribution in [1.29, 1.82) is 0 Å². The molecule has 0 spiro atoms. The number of carboxylic acids is 1. The molecule has 2 unspecified atom stereocenters. The number of hydrogen-bond donors (Lipinski definition) is 2. The lowest BCUT2D eigenvalue weighted by atomic mass is 9.80. The molecule has 1 aliphatic carbocycles. The molecule has 0 heterocycles. The minimum absolute atomic E-state index is 0.601. The molecule has 70 valence electrons. The van der Waals surface area contributed by atoms with Crippen molar-refractivity contribution < 1.29 is 15.0 Å². The number of aliphatic hydroxyl groups excluding tert-OH is 1. The average molecular weight is 172 g/mol. The summed E-state index contributed by atoms with van der Waals surface area (Å²) in [6.07, 6.45) is 2.92. The van der Waals surface area contributed by atoms with E-state index in [0.717, 1.165) is 12.8 Å². The maximum absolute atomic E-state index is 11.0. The van der Waals surface area contributed by atoms with Crippen molar-refractivity contribution in [2.45, 2.75) is 45.1 Å². The van der Waals surface area contributed by atoms with Gasteiger partial charge in [-0.1, -0.05) is 13.3 Å². The Labute approximate surface area is 72.4 Å². The molecule has 1 fully saturated rings. The quantitative estimate of drug-likeness (QED) is 0.676. The van der Waals surface area contributed by atoms with E-state index in [2.05, 4.69) is 0 Å². The average Bonchev–Trinajstić information content (AvgIpc) is 2.34. The van der Waals surface area contributed by atoms with Gasteiger partial charge in [0, 0.05) is 0 Å². The lowest BCUT2D eigenvalue weighted by Crippen LogP contribution is -2.38. The Morgan fingerprint density at radius 1 is 1.67 bits per heavy atom. The number of carboxylic acid groups (broad SMARTS) is 1. The minimum atomic E-state index is -0.825. The smallest absolute Gasteiger partial charge is 0.312 e. The van der Waals surface area contributed by atoms with Gasteiger partial charge in [0.05, 0.1) is 11.5 Å². The lowest BCUT2D eigenvalue weighted by Gasteiger charge is -2.27. The standard InChI is InChI=1S/C9H16O3/c1-2-5-9(8(11)12)6-3-4-7(9)10/h7,10H,2-6H2,1H3,(H,11,12). The van der Waals surface area contributed by atoms with Crippen LogP contribution >= 0.6 is 0 Å². The molecule has 12 heavy (non-hydrogen) atoms. The molecule has 3 nitrogen and oxygen atoms in total. The molecule has 2 N–H and O–H groups in total. The number of rotatable bonds is 3. The van der Waals surface area contributed by atoms with Crippen LogP contribution in [0.3, 0.4) is 0 Å². The second kappa shape index (κ2) is 3.44. The van der Waals surface area contributed by atoms with E-state index in [-0.39, 0.29) is 0 Å². The number of aliphatic hydroxyl groups is 1. The van der Waals surface area contributed by atoms with Gasteiger partial charge in [-0.05, 0) is 25.7 Å². The first-order valence-corrected chi connectivity index (χ1v) is 4.55. The van der Waals surface area contributed by atoms with Crippen LogP contribution in [0.5, 0.6) is 0 Å². The van der Waals surface area contributed by atoms with E-state index in [1.54, 1.807) is 0 Å². The van der Waals surface area contributed by atoms with Crippen LogP contribution in [-0.4, -0.2) is 22.3 Å². The third-order valence-electron chi connectivity index (χ3n) is 2.86.